The molecule has 4 rings (SSSR count). The van der Waals surface area contributed by atoms with Gasteiger partial charge in [0.05, 0.1) is 10.2 Å². The molecule has 0 spiro atoms. The van der Waals surface area contributed by atoms with Crippen molar-refractivity contribution in [2.75, 3.05) is 23.3 Å². The summed E-state index contributed by atoms with van der Waals surface area (Å²) in [5.74, 6) is 1.45. The predicted octanol–water partition coefficient (Wildman–Crippen LogP) is 3.44. The molecule has 1 unspecified atom stereocenters. The number of carbonyl (C=O) groups is 1. The Kier molecular flexibility index (Phi) is 3.77. The Bertz CT molecular complexity index is 752. The summed E-state index contributed by atoms with van der Waals surface area (Å²) >= 11 is 1.62. The molecule has 1 saturated heterocycles. The maximum absolute atomic E-state index is 12.0. The number of rotatable bonds is 4. The first-order chi connectivity index (χ1) is 11.2. The Hall–Kier alpha value is -1.95. The molecule has 5 nitrogen and oxygen atoms in total. The number of piperidine rings is 1. The number of nitrogens with one attached hydrogen (secondary N) is 1. The Morgan fingerprint density at radius 2 is 2.30 bits per heavy atom. The van der Waals surface area contributed by atoms with Crippen molar-refractivity contribution in [3.63, 3.8) is 0 Å². The van der Waals surface area contributed by atoms with E-state index in [4.69, 9.17) is 4.98 Å². The van der Waals surface area contributed by atoms with Crippen LogP contribution in [-0.4, -0.2) is 29.0 Å². The van der Waals surface area contributed by atoms with Crippen molar-refractivity contribution < 1.29 is 4.79 Å². The molecule has 1 N–H and O–H groups in total. The number of pyridine rings is 1. The van der Waals surface area contributed by atoms with Crippen LogP contribution in [-0.2, 0) is 4.79 Å². The number of amides is 1. The van der Waals surface area contributed by atoms with Crippen molar-refractivity contribution in [1.29, 1.82) is 0 Å². The number of hydrogen-bond donors (Lipinski definition) is 1. The van der Waals surface area contributed by atoms with Crippen LogP contribution in [0.2, 0.25) is 0 Å². The van der Waals surface area contributed by atoms with Gasteiger partial charge in [-0.2, -0.15) is 0 Å². The first-order valence-corrected chi connectivity index (χ1v) is 9.00. The van der Waals surface area contributed by atoms with Crippen LogP contribution in [0.5, 0.6) is 0 Å². The third-order valence-electron chi connectivity index (χ3n) is 4.54. The van der Waals surface area contributed by atoms with Gasteiger partial charge in [-0.15, -0.1) is 6.58 Å². The van der Waals surface area contributed by atoms with E-state index in [-0.39, 0.29) is 11.8 Å². The highest BCUT2D eigenvalue weighted by Crippen LogP contribution is 2.36. The number of aromatic nitrogens is 2. The SMILES string of the molecule is C=CC1CCCN(c2nc3ccnc(NC(=O)C4CC4)c3s2)C1. The second-order valence-electron chi connectivity index (χ2n) is 6.35. The molecule has 1 aliphatic heterocycles. The number of hydrogen-bond acceptors (Lipinski definition) is 5. The van der Waals surface area contributed by atoms with Gasteiger partial charge >= 0.3 is 0 Å². The standard InChI is InChI=1S/C17H20N4OS/c1-2-11-4-3-9-21(10-11)17-19-13-7-8-18-15(14(13)23-17)20-16(22)12-5-6-12/h2,7-8,11-12H,1,3-6,9-10H2,(H,18,20,22). The third-order valence-corrected chi connectivity index (χ3v) is 5.68. The molecule has 1 aliphatic carbocycles. The van der Waals surface area contributed by atoms with E-state index in [0.29, 0.717) is 11.7 Å². The van der Waals surface area contributed by atoms with Crippen molar-refractivity contribution in [2.24, 2.45) is 11.8 Å². The average molecular weight is 328 g/mol. The summed E-state index contributed by atoms with van der Waals surface area (Å²) in [4.78, 5) is 23.4. The molecule has 2 fully saturated rings. The van der Waals surface area contributed by atoms with Crippen LogP contribution in [0, 0.1) is 11.8 Å². The molecule has 0 radical (unpaired) electrons. The lowest BCUT2D eigenvalue weighted by Gasteiger charge is -2.30. The largest absolute Gasteiger partial charge is 0.347 e. The number of thiazole rings is 1. The zero-order valence-corrected chi connectivity index (χ0v) is 13.8. The van der Waals surface area contributed by atoms with Crippen LogP contribution in [0.25, 0.3) is 10.2 Å². The Labute approximate surface area is 139 Å². The van der Waals surface area contributed by atoms with Gasteiger partial charge < -0.3 is 10.2 Å². The Morgan fingerprint density at radius 3 is 3.09 bits per heavy atom. The molecule has 3 heterocycles. The van der Waals surface area contributed by atoms with E-state index in [2.05, 4.69) is 21.8 Å². The Balaban J connectivity index is 1.62. The highest BCUT2D eigenvalue weighted by molar-refractivity contribution is 7.22. The van der Waals surface area contributed by atoms with Gasteiger partial charge in [0.25, 0.3) is 0 Å². The van der Waals surface area contributed by atoms with Gasteiger partial charge in [0.1, 0.15) is 0 Å². The number of nitrogens with zero attached hydrogens (tertiary/aromatic N) is 3. The number of fused-ring (bicyclic) bond motifs is 1. The van der Waals surface area contributed by atoms with Gasteiger partial charge in [0.15, 0.2) is 10.9 Å². The van der Waals surface area contributed by atoms with E-state index < -0.39 is 0 Å². The first-order valence-electron chi connectivity index (χ1n) is 8.18. The molecule has 2 aliphatic rings. The smallest absolute Gasteiger partial charge is 0.228 e. The molecule has 2 aromatic rings. The van der Waals surface area contributed by atoms with Crippen molar-refractivity contribution in [3.05, 3.63) is 24.9 Å². The summed E-state index contributed by atoms with van der Waals surface area (Å²) in [6, 6.07) is 1.91. The van der Waals surface area contributed by atoms with E-state index in [1.807, 2.05) is 12.1 Å². The molecule has 120 valence electrons. The zero-order chi connectivity index (χ0) is 15.8. The highest BCUT2D eigenvalue weighted by atomic mass is 32.1. The predicted molar refractivity (Wildman–Crippen MR) is 93.9 cm³/mol. The summed E-state index contributed by atoms with van der Waals surface area (Å²) in [5.41, 5.74) is 0.909. The van der Waals surface area contributed by atoms with E-state index in [9.17, 15) is 4.79 Å². The van der Waals surface area contributed by atoms with Crippen LogP contribution in [0.15, 0.2) is 24.9 Å². The van der Waals surface area contributed by atoms with Gasteiger partial charge in [-0.25, -0.2) is 9.97 Å². The fraction of sp³-hybridized carbons (Fsp3) is 0.471. The van der Waals surface area contributed by atoms with E-state index >= 15 is 0 Å². The fourth-order valence-electron chi connectivity index (χ4n) is 3.01. The van der Waals surface area contributed by atoms with E-state index in [1.54, 1.807) is 17.5 Å². The monoisotopic (exact) mass is 328 g/mol. The second-order valence-corrected chi connectivity index (χ2v) is 7.33. The normalized spacial score (nSPS) is 21.4. The van der Waals surface area contributed by atoms with Crippen LogP contribution >= 0.6 is 11.3 Å². The fourth-order valence-corrected chi connectivity index (χ4v) is 4.05. The van der Waals surface area contributed by atoms with Crippen molar-refractivity contribution in [3.8, 4) is 0 Å². The van der Waals surface area contributed by atoms with Crippen molar-refractivity contribution in [2.45, 2.75) is 25.7 Å². The molecule has 1 saturated carbocycles. The maximum atomic E-state index is 12.0. The zero-order valence-electron chi connectivity index (χ0n) is 13.0. The summed E-state index contributed by atoms with van der Waals surface area (Å²) in [7, 11) is 0. The van der Waals surface area contributed by atoms with Crippen molar-refractivity contribution >= 4 is 38.4 Å². The van der Waals surface area contributed by atoms with Crippen LogP contribution < -0.4 is 10.2 Å². The Morgan fingerprint density at radius 1 is 1.43 bits per heavy atom. The summed E-state index contributed by atoms with van der Waals surface area (Å²) in [5, 5.41) is 3.98. The van der Waals surface area contributed by atoms with Gasteiger partial charge in [-0.3, -0.25) is 4.79 Å². The minimum Gasteiger partial charge on any atom is -0.347 e. The highest BCUT2D eigenvalue weighted by Gasteiger charge is 2.30. The number of anilines is 2. The van der Waals surface area contributed by atoms with Crippen molar-refractivity contribution in [1.82, 2.24) is 9.97 Å². The molecular weight excluding hydrogens is 308 g/mol. The van der Waals surface area contributed by atoms with Gasteiger partial charge in [0.2, 0.25) is 5.91 Å². The molecule has 0 aromatic carbocycles. The minimum atomic E-state index is 0.0876. The summed E-state index contributed by atoms with van der Waals surface area (Å²) < 4.78 is 0.970. The number of carbonyl (C=O) groups excluding carboxylic acids is 1. The lowest BCUT2D eigenvalue weighted by Crippen LogP contribution is -2.34. The molecular formula is C17H20N4OS. The molecule has 0 bridgehead atoms. The van der Waals surface area contributed by atoms with Gasteiger partial charge in [0, 0.05) is 25.2 Å². The minimum absolute atomic E-state index is 0.0876. The molecule has 1 atom stereocenters. The van der Waals surface area contributed by atoms with E-state index in [1.165, 1.54) is 6.42 Å². The molecule has 1 amide bonds. The maximum Gasteiger partial charge on any atom is 0.228 e. The average Bonchev–Trinajstić information content (AvgIpc) is 3.34. The topological polar surface area (TPSA) is 58.1 Å². The quantitative estimate of drug-likeness (QED) is 0.874. The lowest BCUT2D eigenvalue weighted by atomic mass is 9.99. The third kappa shape index (κ3) is 2.95. The van der Waals surface area contributed by atoms with Gasteiger partial charge in [-0.05, 0) is 37.7 Å². The first kappa shape index (κ1) is 14.6. The van der Waals surface area contributed by atoms with Crippen LogP contribution in [0.4, 0.5) is 10.9 Å². The second kappa shape index (κ2) is 5.92. The summed E-state index contributed by atoms with van der Waals surface area (Å²) in [6.07, 6.45) is 8.11. The molecule has 6 heteroatoms. The lowest BCUT2D eigenvalue weighted by molar-refractivity contribution is -0.117. The van der Waals surface area contributed by atoms with E-state index in [0.717, 1.165) is 47.7 Å². The van der Waals surface area contributed by atoms with Gasteiger partial charge in [-0.1, -0.05) is 17.4 Å². The van der Waals surface area contributed by atoms with Crippen LogP contribution in [0.1, 0.15) is 25.7 Å². The summed E-state index contributed by atoms with van der Waals surface area (Å²) in [6.45, 7) is 5.93. The molecule has 2 aromatic heterocycles. The van der Waals surface area contributed by atoms with Crippen LogP contribution in [0.3, 0.4) is 0 Å². The molecule has 23 heavy (non-hydrogen) atoms.